The molecular formula is C26H34N3S+. The Morgan fingerprint density at radius 2 is 1.80 bits per heavy atom. The second-order valence-corrected chi connectivity index (χ2v) is 10.1. The van der Waals surface area contributed by atoms with Crippen LogP contribution in [0, 0.1) is 0 Å². The predicted molar refractivity (Wildman–Crippen MR) is 132 cm³/mol. The van der Waals surface area contributed by atoms with Gasteiger partial charge in [-0.25, -0.2) is 0 Å². The van der Waals surface area contributed by atoms with Gasteiger partial charge in [0.1, 0.15) is 0 Å². The fraction of sp³-hybridized carbons (Fsp3) is 0.385. The highest BCUT2D eigenvalue weighted by Crippen LogP contribution is 2.41. The first-order valence-corrected chi connectivity index (χ1v) is 12.0. The molecule has 4 rings (SSSR count). The minimum atomic E-state index is 0.276. The fourth-order valence-electron chi connectivity index (χ4n) is 4.26. The lowest BCUT2D eigenvalue weighted by molar-refractivity contribution is -0.890. The van der Waals surface area contributed by atoms with Gasteiger partial charge in [-0.2, -0.15) is 0 Å². The maximum Gasteiger partial charge on any atom is 0.0966 e. The van der Waals surface area contributed by atoms with E-state index in [1.807, 2.05) is 11.8 Å². The number of benzene rings is 2. The lowest BCUT2D eigenvalue weighted by atomic mass is 9.99. The van der Waals surface area contributed by atoms with Crippen molar-refractivity contribution in [3.05, 3.63) is 72.4 Å². The van der Waals surface area contributed by atoms with Crippen LogP contribution in [-0.2, 0) is 0 Å². The van der Waals surface area contributed by atoms with Gasteiger partial charge in [0, 0.05) is 41.0 Å². The van der Waals surface area contributed by atoms with Crippen LogP contribution in [0.2, 0.25) is 0 Å². The maximum atomic E-state index is 3.63. The highest BCUT2D eigenvalue weighted by atomic mass is 32.2. The second kappa shape index (κ2) is 9.32. The lowest BCUT2D eigenvalue weighted by Crippen LogP contribution is -2.42. The van der Waals surface area contributed by atoms with Gasteiger partial charge in [-0.15, -0.1) is 0 Å². The highest BCUT2D eigenvalue weighted by Gasteiger charge is 2.22. The summed E-state index contributed by atoms with van der Waals surface area (Å²) in [7, 11) is 4.72. The van der Waals surface area contributed by atoms with Crippen LogP contribution < -0.4 is 10.2 Å². The van der Waals surface area contributed by atoms with Crippen LogP contribution in [0.3, 0.4) is 0 Å². The standard InChI is InChI=1S/C26H34N3S/c1-4-5-18-29(2,3)19-10-16-28-17-15-21(22-11-6-8-13-24(22)28)20-26-27-23-12-7-9-14-25(23)30-26/h6-9,11-15,17,20,26-27H,4-5,10,16,18-19H2,1-3H3/q+1. The summed E-state index contributed by atoms with van der Waals surface area (Å²) in [6, 6.07) is 17.4. The van der Waals surface area contributed by atoms with Gasteiger partial charge in [-0.05, 0) is 42.3 Å². The number of thioether (sulfide) groups is 1. The van der Waals surface area contributed by atoms with Gasteiger partial charge in [-0.1, -0.05) is 55.4 Å². The van der Waals surface area contributed by atoms with Crippen molar-refractivity contribution in [1.82, 2.24) is 0 Å². The summed E-state index contributed by atoms with van der Waals surface area (Å²) in [5, 5.41) is 3.90. The first kappa shape index (κ1) is 21.1. The number of hydrogen-bond acceptors (Lipinski definition) is 3. The Bertz CT molecular complexity index is 906. The van der Waals surface area contributed by atoms with E-state index in [0.717, 1.165) is 11.0 Å². The van der Waals surface area contributed by atoms with Crippen molar-refractivity contribution in [2.45, 2.75) is 36.5 Å². The van der Waals surface area contributed by atoms with E-state index in [0.29, 0.717) is 0 Å². The molecule has 1 unspecified atom stereocenters. The van der Waals surface area contributed by atoms with Gasteiger partial charge in [-0.3, -0.25) is 0 Å². The van der Waals surface area contributed by atoms with Crippen molar-refractivity contribution >= 4 is 28.7 Å². The zero-order chi connectivity index (χ0) is 21.0. The van der Waals surface area contributed by atoms with Crippen LogP contribution >= 0.6 is 11.8 Å². The van der Waals surface area contributed by atoms with Crippen LogP contribution in [0.15, 0.2) is 71.8 Å². The summed E-state index contributed by atoms with van der Waals surface area (Å²) in [6.45, 7) is 5.83. The molecule has 158 valence electrons. The first-order valence-electron chi connectivity index (χ1n) is 11.2. The minimum Gasteiger partial charge on any atom is -0.369 e. The van der Waals surface area contributed by atoms with E-state index in [-0.39, 0.29) is 5.37 Å². The SMILES string of the molecule is CCCC[N+](C)(C)CCCN1C=CC(=CC2Nc3ccccc3S2)c2ccccc21. The molecule has 0 aromatic heterocycles. The van der Waals surface area contributed by atoms with E-state index in [9.17, 15) is 0 Å². The average molecular weight is 421 g/mol. The maximum absolute atomic E-state index is 3.63. The molecule has 4 heteroatoms. The topological polar surface area (TPSA) is 15.3 Å². The largest absolute Gasteiger partial charge is 0.369 e. The molecule has 2 aromatic carbocycles. The normalized spacial score (nSPS) is 19.0. The van der Waals surface area contributed by atoms with E-state index >= 15 is 0 Å². The number of quaternary nitrogens is 1. The number of fused-ring (bicyclic) bond motifs is 2. The fourth-order valence-corrected chi connectivity index (χ4v) is 5.35. The van der Waals surface area contributed by atoms with E-state index in [4.69, 9.17) is 0 Å². The number of nitrogens with zero attached hydrogens (tertiary/aromatic N) is 2. The first-order chi connectivity index (χ1) is 14.6. The molecule has 2 aliphatic heterocycles. The van der Waals surface area contributed by atoms with Gasteiger partial charge in [0.2, 0.25) is 0 Å². The Balaban J connectivity index is 1.44. The number of para-hydroxylation sites is 2. The number of hydrogen-bond donors (Lipinski definition) is 1. The monoisotopic (exact) mass is 420 g/mol. The molecular weight excluding hydrogens is 386 g/mol. The van der Waals surface area contributed by atoms with Crippen molar-refractivity contribution < 1.29 is 4.48 Å². The average Bonchev–Trinajstić information content (AvgIpc) is 3.16. The summed E-state index contributed by atoms with van der Waals surface area (Å²) in [5.41, 5.74) is 5.20. The number of nitrogens with one attached hydrogen (secondary N) is 1. The Labute approximate surface area is 186 Å². The Hall–Kier alpha value is -2.17. The molecule has 0 saturated carbocycles. The molecule has 0 radical (unpaired) electrons. The molecule has 1 N–H and O–H groups in total. The molecule has 0 fully saturated rings. The van der Waals surface area contributed by atoms with E-state index in [1.165, 1.54) is 59.8 Å². The van der Waals surface area contributed by atoms with E-state index in [1.54, 1.807) is 0 Å². The quantitative estimate of drug-likeness (QED) is 0.511. The molecule has 2 aromatic rings. The van der Waals surface area contributed by atoms with Crippen molar-refractivity contribution in [1.29, 1.82) is 0 Å². The summed E-state index contributed by atoms with van der Waals surface area (Å²) in [5.74, 6) is 0. The van der Waals surface area contributed by atoms with Crippen molar-refractivity contribution in [2.24, 2.45) is 0 Å². The summed E-state index contributed by atoms with van der Waals surface area (Å²) in [4.78, 5) is 3.76. The second-order valence-electron chi connectivity index (χ2n) is 8.92. The third-order valence-corrected chi connectivity index (χ3v) is 7.13. The van der Waals surface area contributed by atoms with Crippen molar-refractivity contribution in [3.63, 3.8) is 0 Å². The number of anilines is 2. The Morgan fingerprint density at radius 1 is 1.03 bits per heavy atom. The Kier molecular flexibility index (Phi) is 6.55. The van der Waals surface area contributed by atoms with Gasteiger partial charge in [0.05, 0.1) is 32.6 Å². The summed E-state index contributed by atoms with van der Waals surface area (Å²) in [6.07, 6.45) is 10.7. The van der Waals surface area contributed by atoms with Gasteiger partial charge >= 0.3 is 0 Å². The Morgan fingerprint density at radius 3 is 2.63 bits per heavy atom. The van der Waals surface area contributed by atoms with Crippen molar-refractivity contribution in [2.75, 3.05) is 43.9 Å². The lowest BCUT2D eigenvalue weighted by Gasteiger charge is -2.32. The van der Waals surface area contributed by atoms with Crippen LogP contribution in [-0.4, -0.2) is 43.6 Å². The van der Waals surface area contributed by atoms with E-state index in [2.05, 4.69) is 98.1 Å². The molecule has 0 bridgehead atoms. The summed E-state index contributed by atoms with van der Waals surface area (Å²) >= 11 is 1.89. The summed E-state index contributed by atoms with van der Waals surface area (Å²) < 4.78 is 1.11. The number of unbranched alkanes of at least 4 members (excludes halogenated alkanes) is 1. The zero-order valence-electron chi connectivity index (χ0n) is 18.5. The molecule has 0 saturated heterocycles. The zero-order valence-corrected chi connectivity index (χ0v) is 19.3. The molecule has 0 amide bonds. The molecule has 2 heterocycles. The smallest absolute Gasteiger partial charge is 0.0966 e. The van der Waals surface area contributed by atoms with Crippen LogP contribution in [0.1, 0.15) is 31.7 Å². The predicted octanol–water partition coefficient (Wildman–Crippen LogP) is 6.21. The van der Waals surface area contributed by atoms with Crippen LogP contribution in [0.4, 0.5) is 11.4 Å². The molecule has 0 aliphatic carbocycles. The van der Waals surface area contributed by atoms with Crippen molar-refractivity contribution in [3.8, 4) is 0 Å². The van der Waals surface area contributed by atoms with E-state index < -0.39 is 0 Å². The van der Waals surface area contributed by atoms with Crippen LogP contribution in [0.5, 0.6) is 0 Å². The van der Waals surface area contributed by atoms with Crippen LogP contribution in [0.25, 0.3) is 5.57 Å². The highest BCUT2D eigenvalue weighted by molar-refractivity contribution is 8.00. The van der Waals surface area contributed by atoms with Gasteiger partial charge in [0.25, 0.3) is 0 Å². The number of allylic oxidation sites excluding steroid dienone is 2. The third kappa shape index (κ3) is 4.93. The number of rotatable bonds is 8. The molecule has 0 spiro atoms. The third-order valence-electron chi connectivity index (χ3n) is 6.01. The van der Waals surface area contributed by atoms with Gasteiger partial charge < -0.3 is 14.7 Å². The van der Waals surface area contributed by atoms with Gasteiger partial charge in [0.15, 0.2) is 0 Å². The molecule has 3 nitrogen and oxygen atoms in total. The molecule has 1 atom stereocenters. The minimum absolute atomic E-state index is 0.276. The molecule has 30 heavy (non-hydrogen) atoms. The molecule has 2 aliphatic rings.